The molecule has 0 spiro atoms. The number of hydrogen-bond acceptors (Lipinski definition) is 2. The molecule has 0 radical (unpaired) electrons. The molecule has 1 aliphatic carbocycles. The second kappa shape index (κ2) is 5.34. The van der Waals surface area contributed by atoms with Gasteiger partial charge in [0.25, 0.3) is 0 Å². The third-order valence-corrected chi connectivity index (χ3v) is 3.70. The molecule has 1 fully saturated rings. The zero-order valence-corrected chi connectivity index (χ0v) is 10.6. The van der Waals surface area contributed by atoms with E-state index in [4.69, 9.17) is 17.3 Å². The molecule has 0 amide bonds. The molecular formula is C13H18ClFN2. The number of nitrogens with two attached hydrogens (primary N) is 1. The molecule has 3 N–H and O–H groups in total. The Balaban J connectivity index is 1.76. The number of benzene rings is 1. The molecule has 94 valence electrons. The minimum absolute atomic E-state index is 0.184. The minimum Gasteiger partial charge on any atom is -0.330 e. The first-order valence-electron chi connectivity index (χ1n) is 6.00. The highest BCUT2D eigenvalue weighted by atomic mass is 35.5. The van der Waals surface area contributed by atoms with Crippen LogP contribution in [0, 0.1) is 11.2 Å². The van der Waals surface area contributed by atoms with Gasteiger partial charge in [-0.1, -0.05) is 11.6 Å². The van der Waals surface area contributed by atoms with Gasteiger partial charge < -0.3 is 11.1 Å². The third-order valence-electron chi connectivity index (χ3n) is 3.47. The van der Waals surface area contributed by atoms with Crippen molar-refractivity contribution in [3.8, 4) is 0 Å². The lowest BCUT2D eigenvalue weighted by molar-refractivity contribution is 0.468. The normalized spacial score (nSPS) is 17.1. The van der Waals surface area contributed by atoms with Gasteiger partial charge in [-0.05, 0) is 61.5 Å². The summed E-state index contributed by atoms with van der Waals surface area (Å²) in [6.45, 7) is 2.44. The molecule has 0 unspecified atom stereocenters. The second-order valence-electron chi connectivity index (χ2n) is 4.87. The molecular weight excluding hydrogens is 239 g/mol. The van der Waals surface area contributed by atoms with Crippen molar-refractivity contribution >= 4 is 11.6 Å². The Hall–Kier alpha value is -0.640. The van der Waals surface area contributed by atoms with Crippen molar-refractivity contribution in [2.45, 2.75) is 19.3 Å². The Morgan fingerprint density at radius 1 is 1.41 bits per heavy atom. The van der Waals surface area contributed by atoms with Crippen molar-refractivity contribution < 1.29 is 4.39 Å². The standard InChI is InChI=1S/C13H18ClFN2/c14-11-1-2-12(15)10(7-11)3-6-17-9-13(8-16)4-5-13/h1-2,7,17H,3-6,8-9,16H2. The van der Waals surface area contributed by atoms with Gasteiger partial charge in [0.1, 0.15) is 5.82 Å². The summed E-state index contributed by atoms with van der Waals surface area (Å²) in [5, 5.41) is 3.93. The summed E-state index contributed by atoms with van der Waals surface area (Å²) in [6.07, 6.45) is 3.08. The van der Waals surface area contributed by atoms with Crippen molar-refractivity contribution in [2.75, 3.05) is 19.6 Å². The topological polar surface area (TPSA) is 38.0 Å². The van der Waals surface area contributed by atoms with E-state index in [1.807, 2.05) is 0 Å². The van der Waals surface area contributed by atoms with Gasteiger partial charge in [-0.3, -0.25) is 0 Å². The van der Waals surface area contributed by atoms with Gasteiger partial charge in [0, 0.05) is 11.6 Å². The van der Waals surface area contributed by atoms with E-state index in [1.165, 1.54) is 18.9 Å². The van der Waals surface area contributed by atoms with Crippen molar-refractivity contribution in [2.24, 2.45) is 11.1 Å². The van der Waals surface area contributed by atoms with Gasteiger partial charge in [-0.25, -0.2) is 4.39 Å². The van der Waals surface area contributed by atoms with Crippen molar-refractivity contribution in [3.63, 3.8) is 0 Å². The first-order valence-corrected chi connectivity index (χ1v) is 6.38. The smallest absolute Gasteiger partial charge is 0.126 e. The highest BCUT2D eigenvalue weighted by Crippen LogP contribution is 2.43. The summed E-state index contributed by atoms with van der Waals surface area (Å²) in [5.41, 5.74) is 6.68. The monoisotopic (exact) mass is 256 g/mol. The van der Waals surface area contributed by atoms with E-state index < -0.39 is 0 Å². The van der Waals surface area contributed by atoms with Crippen molar-refractivity contribution in [3.05, 3.63) is 34.6 Å². The lowest BCUT2D eigenvalue weighted by atomic mass is 10.1. The van der Waals surface area contributed by atoms with Crippen LogP contribution in [0.15, 0.2) is 18.2 Å². The SMILES string of the molecule is NCC1(CNCCc2cc(Cl)ccc2F)CC1. The molecule has 0 bridgehead atoms. The van der Waals surface area contributed by atoms with Gasteiger partial charge >= 0.3 is 0 Å². The number of hydrogen-bond donors (Lipinski definition) is 2. The van der Waals surface area contributed by atoms with E-state index in [0.717, 1.165) is 19.6 Å². The molecule has 0 atom stereocenters. The van der Waals surface area contributed by atoms with Crippen LogP contribution in [0.4, 0.5) is 4.39 Å². The van der Waals surface area contributed by atoms with Crippen molar-refractivity contribution in [1.29, 1.82) is 0 Å². The van der Waals surface area contributed by atoms with Crippen LogP contribution >= 0.6 is 11.6 Å². The highest BCUT2D eigenvalue weighted by Gasteiger charge is 2.40. The maximum Gasteiger partial charge on any atom is 0.126 e. The minimum atomic E-state index is -0.184. The Kier molecular flexibility index (Phi) is 4.02. The molecule has 1 saturated carbocycles. The molecule has 1 aromatic rings. The first kappa shape index (κ1) is 12.8. The molecule has 2 rings (SSSR count). The average Bonchev–Trinajstić information content (AvgIpc) is 3.10. The summed E-state index contributed by atoms with van der Waals surface area (Å²) < 4.78 is 13.4. The molecule has 1 aromatic carbocycles. The number of nitrogens with one attached hydrogen (secondary N) is 1. The molecule has 0 saturated heterocycles. The van der Waals surface area contributed by atoms with E-state index >= 15 is 0 Å². The molecule has 0 heterocycles. The summed E-state index contributed by atoms with van der Waals surface area (Å²) in [7, 11) is 0. The molecule has 0 aromatic heterocycles. The zero-order chi connectivity index (χ0) is 12.3. The Bertz CT molecular complexity index is 391. The van der Waals surface area contributed by atoms with Gasteiger partial charge in [-0.15, -0.1) is 0 Å². The molecule has 0 aliphatic heterocycles. The van der Waals surface area contributed by atoms with Gasteiger partial charge in [-0.2, -0.15) is 0 Å². The summed E-state index contributed by atoms with van der Waals surface area (Å²) in [5.74, 6) is -0.184. The fourth-order valence-electron chi connectivity index (χ4n) is 1.94. The van der Waals surface area contributed by atoms with E-state index in [1.54, 1.807) is 12.1 Å². The summed E-state index contributed by atoms with van der Waals surface area (Å²) in [4.78, 5) is 0. The van der Waals surface area contributed by atoms with Gasteiger partial charge in [0.15, 0.2) is 0 Å². The fraction of sp³-hybridized carbons (Fsp3) is 0.538. The Morgan fingerprint density at radius 3 is 2.82 bits per heavy atom. The van der Waals surface area contributed by atoms with E-state index in [2.05, 4.69) is 5.32 Å². The zero-order valence-electron chi connectivity index (χ0n) is 9.81. The largest absolute Gasteiger partial charge is 0.330 e. The summed E-state index contributed by atoms with van der Waals surface area (Å²) in [6, 6.07) is 4.68. The molecule has 1 aliphatic rings. The molecule has 2 nitrogen and oxygen atoms in total. The third kappa shape index (κ3) is 3.41. The van der Waals surface area contributed by atoms with Crippen molar-refractivity contribution in [1.82, 2.24) is 5.32 Å². The van der Waals surface area contributed by atoms with Crippen LogP contribution in [-0.4, -0.2) is 19.6 Å². The van der Waals surface area contributed by atoms with E-state index in [0.29, 0.717) is 22.4 Å². The molecule has 4 heteroatoms. The maximum atomic E-state index is 13.4. The average molecular weight is 257 g/mol. The van der Waals surface area contributed by atoms with Crippen LogP contribution in [0.3, 0.4) is 0 Å². The Labute approximate surface area is 106 Å². The predicted molar refractivity (Wildman–Crippen MR) is 68.7 cm³/mol. The number of halogens is 2. The van der Waals surface area contributed by atoms with E-state index in [-0.39, 0.29) is 5.82 Å². The van der Waals surface area contributed by atoms with Crippen LogP contribution in [0.5, 0.6) is 0 Å². The van der Waals surface area contributed by atoms with Gasteiger partial charge in [0.05, 0.1) is 0 Å². The van der Waals surface area contributed by atoms with Gasteiger partial charge in [0.2, 0.25) is 0 Å². The fourth-order valence-corrected chi connectivity index (χ4v) is 2.14. The van der Waals surface area contributed by atoms with Crippen LogP contribution in [0.2, 0.25) is 5.02 Å². The van der Waals surface area contributed by atoms with Crippen LogP contribution in [0.1, 0.15) is 18.4 Å². The molecule has 17 heavy (non-hydrogen) atoms. The van der Waals surface area contributed by atoms with Crippen LogP contribution in [-0.2, 0) is 6.42 Å². The lowest BCUT2D eigenvalue weighted by Gasteiger charge is -2.13. The highest BCUT2D eigenvalue weighted by molar-refractivity contribution is 6.30. The first-order chi connectivity index (χ1) is 8.15. The second-order valence-corrected chi connectivity index (χ2v) is 5.30. The van der Waals surface area contributed by atoms with Crippen LogP contribution < -0.4 is 11.1 Å². The summed E-state index contributed by atoms with van der Waals surface area (Å²) >= 11 is 5.83. The predicted octanol–water partition coefficient (Wildman–Crippen LogP) is 2.35. The number of rotatable bonds is 6. The van der Waals surface area contributed by atoms with E-state index in [9.17, 15) is 4.39 Å². The Morgan fingerprint density at radius 2 is 2.18 bits per heavy atom. The maximum absolute atomic E-state index is 13.4. The van der Waals surface area contributed by atoms with Crippen LogP contribution in [0.25, 0.3) is 0 Å². The lowest BCUT2D eigenvalue weighted by Crippen LogP contribution is -2.31. The quantitative estimate of drug-likeness (QED) is 0.767.